The van der Waals surface area contributed by atoms with E-state index in [0.717, 1.165) is 0 Å². The van der Waals surface area contributed by atoms with Crippen molar-refractivity contribution in [2.24, 2.45) is 0 Å². The molecule has 0 radical (unpaired) electrons. The molecule has 2 heterocycles. The molecule has 0 saturated carbocycles. The summed E-state index contributed by atoms with van der Waals surface area (Å²) in [5.41, 5.74) is 0. The van der Waals surface area contributed by atoms with E-state index in [1.165, 1.54) is 21.1 Å². The molecule has 2 unspecified atom stereocenters. The highest BCUT2D eigenvalue weighted by Crippen LogP contribution is 2.32. The predicted octanol–water partition coefficient (Wildman–Crippen LogP) is 3.18. The van der Waals surface area contributed by atoms with E-state index in [1.54, 1.807) is 32.2 Å². The third-order valence-corrected chi connectivity index (χ3v) is 4.92. The first-order chi connectivity index (χ1) is 11.3. The number of amides is 2. The first-order valence-corrected chi connectivity index (χ1v) is 8.61. The van der Waals surface area contributed by atoms with E-state index in [1.807, 2.05) is 0 Å². The number of aliphatic hydroxyl groups is 1. The summed E-state index contributed by atoms with van der Waals surface area (Å²) in [5, 5.41) is 19.8. The Bertz CT molecular complexity index is 752. The number of hydrogen-bond acceptors (Lipinski definition) is 6. The molecule has 7 nitrogen and oxygen atoms in total. The van der Waals surface area contributed by atoms with Crippen LogP contribution in [0.1, 0.15) is 18.0 Å². The third-order valence-electron chi connectivity index (χ3n) is 3.40. The number of benzene rings is 1. The number of carbonyl (C=O) groups is 1. The highest BCUT2D eigenvalue weighted by atomic mass is 35.5. The van der Waals surface area contributed by atoms with Crippen LogP contribution in [0, 0.1) is 0 Å². The first-order valence-electron chi connectivity index (χ1n) is 7.03. The van der Waals surface area contributed by atoms with Gasteiger partial charge in [0.25, 0.3) is 0 Å². The van der Waals surface area contributed by atoms with Gasteiger partial charge in [0, 0.05) is 17.1 Å². The van der Waals surface area contributed by atoms with E-state index < -0.39 is 12.3 Å². The number of likely N-dealkylation sites (N-methyl/N-ethyl adjacent to an activating group) is 1. The lowest BCUT2D eigenvalue weighted by Crippen LogP contribution is -2.34. The Morgan fingerprint density at radius 3 is 2.58 bits per heavy atom. The molecule has 128 valence electrons. The van der Waals surface area contributed by atoms with Gasteiger partial charge in [-0.1, -0.05) is 34.5 Å². The molecular formula is C14H14Cl2N4O3S. The lowest BCUT2D eigenvalue weighted by Gasteiger charge is -2.14. The molecule has 2 amide bonds. The molecule has 1 fully saturated rings. The van der Waals surface area contributed by atoms with Gasteiger partial charge < -0.3 is 14.7 Å². The fourth-order valence-corrected chi connectivity index (χ4v) is 3.63. The Kier molecular flexibility index (Phi) is 4.82. The maximum atomic E-state index is 12.0. The van der Waals surface area contributed by atoms with E-state index in [2.05, 4.69) is 10.2 Å². The van der Waals surface area contributed by atoms with Crippen molar-refractivity contribution in [2.45, 2.75) is 19.3 Å². The van der Waals surface area contributed by atoms with Crippen molar-refractivity contribution in [1.82, 2.24) is 15.1 Å². The third kappa shape index (κ3) is 3.41. The number of hydrogen-bond donors (Lipinski definition) is 1. The number of anilines is 1. The highest BCUT2D eigenvalue weighted by molar-refractivity contribution is 7.15. The topological polar surface area (TPSA) is 78.8 Å². The Hall–Kier alpha value is -1.61. The summed E-state index contributed by atoms with van der Waals surface area (Å²) >= 11 is 13.1. The van der Waals surface area contributed by atoms with Gasteiger partial charge in [-0.25, -0.2) is 9.69 Å². The number of carbonyl (C=O) groups excluding carboxylic acids is 1. The zero-order valence-corrected chi connectivity index (χ0v) is 15.1. The molecule has 1 aromatic carbocycles. The van der Waals surface area contributed by atoms with Gasteiger partial charge in [0.15, 0.2) is 11.2 Å². The van der Waals surface area contributed by atoms with Gasteiger partial charge in [-0.3, -0.25) is 0 Å². The minimum atomic E-state index is -0.939. The number of rotatable bonds is 4. The van der Waals surface area contributed by atoms with Crippen molar-refractivity contribution in [3.63, 3.8) is 0 Å². The fraction of sp³-hybridized carbons (Fsp3) is 0.357. The summed E-state index contributed by atoms with van der Waals surface area (Å²) < 4.78 is 5.78. The van der Waals surface area contributed by atoms with Crippen LogP contribution >= 0.6 is 34.5 Å². The molecule has 0 bridgehead atoms. The van der Waals surface area contributed by atoms with Crippen LogP contribution in [0.5, 0.6) is 5.75 Å². The summed E-state index contributed by atoms with van der Waals surface area (Å²) in [6.45, 7) is 2.02. The van der Waals surface area contributed by atoms with E-state index in [4.69, 9.17) is 27.9 Å². The van der Waals surface area contributed by atoms with Gasteiger partial charge in [0.05, 0.1) is 6.54 Å². The van der Waals surface area contributed by atoms with Gasteiger partial charge >= 0.3 is 6.03 Å². The minimum absolute atomic E-state index is 0.223. The normalized spacial score (nSPS) is 19.0. The molecule has 1 aliphatic rings. The first kappa shape index (κ1) is 17.2. The molecule has 1 N–H and O–H groups in total. The average molecular weight is 389 g/mol. The Morgan fingerprint density at radius 2 is 2.00 bits per heavy atom. The molecule has 2 aromatic rings. The van der Waals surface area contributed by atoms with E-state index in [0.29, 0.717) is 25.9 Å². The van der Waals surface area contributed by atoms with Crippen molar-refractivity contribution in [2.75, 3.05) is 18.5 Å². The second kappa shape index (κ2) is 6.72. The number of ether oxygens (including phenoxy) is 1. The minimum Gasteiger partial charge on any atom is -0.483 e. The van der Waals surface area contributed by atoms with Gasteiger partial charge in [-0.05, 0) is 25.1 Å². The summed E-state index contributed by atoms with van der Waals surface area (Å²) in [6, 6.07) is 4.59. The summed E-state index contributed by atoms with van der Waals surface area (Å²) in [6.07, 6.45) is -1.36. The van der Waals surface area contributed by atoms with Gasteiger partial charge in [-0.2, -0.15) is 0 Å². The van der Waals surface area contributed by atoms with Crippen LogP contribution < -0.4 is 9.64 Å². The molecule has 10 heteroatoms. The molecule has 24 heavy (non-hydrogen) atoms. The van der Waals surface area contributed by atoms with E-state index >= 15 is 0 Å². The van der Waals surface area contributed by atoms with Crippen molar-refractivity contribution in [3.8, 4) is 5.75 Å². The maximum Gasteiger partial charge on any atom is 0.328 e. The van der Waals surface area contributed by atoms with Gasteiger partial charge in [-0.15, -0.1) is 10.2 Å². The summed E-state index contributed by atoms with van der Waals surface area (Å²) in [5.74, 6) is 0.508. The van der Waals surface area contributed by atoms with E-state index in [9.17, 15) is 9.90 Å². The number of nitrogens with zero attached hydrogens (tertiary/aromatic N) is 4. The number of aliphatic hydroxyl groups excluding tert-OH is 1. The molecule has 1 aromatic heterocycles. The summed E-state index contributed by atoms with van der Waals surface area (Å²) in [4.78, 5) is 14.7. The lowest BCUT2D eigenvalue weighted by molar-refractivity contribution is 0.183. The predicted molar refractivity (Wildman–Crippen MR) is 91.9 cm³/mol. The molecule has 1 saturated heterocycles. The average Bonchev–Trinajstić information content (AvgIpc) is 3.04. The van der Waals surface area contributed by atoms with Crippen LogP contribution in [0.4, 0.5) is 9.93 Å². The van der Waals surface area contributed by atoms with Crippen LogP contribution in [0.25, 0.3) is 0 Å². The number of β-amino-alcohol motifs (C(OH)–C–C–N with tert-alkyl or cyclic N) is 1. The second-order valence-corrected chi connectivity index (χ2v) is 7.16. The van der Waals surface area contributed by atoms with Crippen LogP contribution in [0.15, 0.2) is 18.2 Å². The SMILES string of the molecule is CC(Oc1cc(Cl)cc(Cl)c1)c1nnc(N2C(=O)N(C)CC2O)s1. The van der Waals surface area contributed by atoms with Crippen molar-refractivity contribution < 1.29 is 14.6 Å². The van der Waals surface area contributed by atoms with Crippen molar-refractivity contribution in [3.05, 3.63) is 33.3 Å². The van der Waals surface area contributed by atoms with Crippen LogP contribution in [-0.4, -0.2) is 46.1 Å². The number of aromatic nitrogens is 2. The molecule has 3 rings (SSSR count). The summed E-state index contributed by atoms with van der Waals surface area (Å²) in [7, 11) is 1.61. The highest BCUT2D eigenvalue weighted by Gasteiger charge is 2.37. The Balaban J connectivity index is 1.76. The van der Waals surface area contributed by atoms with Crippen LogP contribution in [0.2, 0.25) is 10.0 Å². The fourth-order valence-electron chi connectivity index (χ4n) is 2.26. The van der Waals surface area contributed by atoms with Crippen LogP contribution in [-0.2, 0) is 0 Å². The number of halogens is 2. The molecule has 1 aliphatic heterocycles. The molecule has 2 atom stereocenters. The molecular weight excluding hydrogens is 375 g/mol. The van der Waals surface area contributed by atoms with Gasteiger partial charge in [0.1, 0.15) is 11.9 Å². The Morgan fingerprint density at radius 1 is 1.33 bits per heavy atom. The largest absolute Gasteiger partial charge is 0.483 e. The molecule has 0 aliphatic carbocycles. The standard InChI is InChI=1S/C14H14Cl2N4O3S/c1-7(23-10-4-8(15)3-9(16)5-10)12-17-18-13(24-12)20-11(21)6-19(2)14(20)22/h3-5,7,11,21H,6H2,1-2H3. The maximum absolute atomic E-state index is 12.0. The number of urea groups is 1. The van der Waals surface area contributed by atoms with Crippen molar-refractivity contribution >= 4 is 45.7 Å². The quantitative estimate of drug-likeness (QED) is 0.869. The zero-order chi connectivity index (χ0) is 17.4. The Labute approximate surface area is 152 Å². The second-order valence-electron chi connectivity index (χ2n) is 5.30. The van der Waals surface area contributed by atoms with E-state index in [-0.39, 0.29) is 12.6 Å². The van der Waals surface area contributed by atoms with Crippen LogP contribution in [0.3, 0.4) is 0 Å². The monoisotopic (exact) mass is 388 g/mol. The lowest BCUT2D eigenvalue weighted by atomic mass is 10.3. The molecule has 0 spiro atoms. The smallest absolute Gasteiger partial charge is 0.328 e. The van der Waals surface area contributed by atoms with Crippen molar-refractivity contribution in [1.29, 1.82) is 0 Å². The zero-order valence-electron chi connectivity index (χ0n) is 12.8. The van der Waals surface area contributed by atoms with Gasteiger partial charge in [0.2, 0.25) is 5.13 Å².